The standard InChI is InChI=1S/C10H10Br2N4O/c1-2-15-4-3-13-8(15)6-16-10(17)9(12)7(11)5-14-16/h3-5H,2,6H2,1H3. The van der Waals surface area contributed by atoms with Crippen LogP contribution in [0.3, 0.4) is 0 Å². The van der Waals surface area contributed by atoms with Crippen molar-refractivity contribution in [2.75, 3.05) is 0 Å². The molecule has 17 heavy (non-hydrogen) atoms. The molecule has 0 radical (unpaired) electrons. The molecule has 2 aromatic rings. The Morgan fingerprint density at radius 2 is 2.18 bits per heavy atom. The largest absolute Gasteiger partial charge is 0.334 e. The molecule has 0 aromatic carbocycles. The van der Waals surface area contributed by atoms with Crippen molar-refractivity contribution < 1.29 is 0 Å². The smallest absolute Gasteiger partial charge is 0.282 e. The molecule has 0 aliphatic rings. The maximum Gasteiger partial charge on any atom is 0.282 e. The van der Waals surface area contributed by atoms with E-state index in [0.717, 1.165) is 12.4 Å². The summed E-state index contributed by atoms with van der Waals surface area (Å²) in [6, 6.07) is 0. The fourth-order valence-corrected chi connectivity index (χ4v) is 2.04. The first-order chi connectivity index (χ1) is 8.13. The van der Waals surface area contributed by atoms with Crippen LogP contribution >= 0.6 is 31.9 Å². The van der Waals surface area contributed by atoms with E-state index < -0.39 is 0 Å². The van der Waals surface area contributed by atoms with Gasteiger partial charge in [0.05, 0.1) is 10.7 Å². The molecular formula is C10H10Br2N4O. The van der Waals surface area contributed by atoms with Crippen molar-refractivity contribution in [3.05, 3.63) is 43.7 Å². The van der Waals surface area contributed by atoms with Crippen molar-refractivity contribution >= 4 is 31.9 Å². The number of imidazole rings is 1. The molecule has 0 bridgehead atoms. The summed E-state index contributed by atoms with van der Waals surface area (Å²) in [6.45, 7) is 3.21. The van der Waals surface area contributed by atoms with Gasteiger partial charge >= 0.3 is 0 Å². The van der Waals surface area contributed by atoms with Crippen LogP contribution in [0.2, 0.25) is 0 Å². The predicted octanol–water partition coefficient (Wildman–Crippen LogP) is 2.03. The van der Waals surface area contributed by atoms with E-state index in [2.05, 4.69) is 41.9 Å². The molecule has 0 N–H and O–H groups in total. The van der Waals surface area contributed by atoms with E-state index in [-0.39, 0.29) is 5.56 Å². The second kappa shape index (κ2) is 5.14. The van der Waals surface area contributed by atoms with Crippen LogP contribution in [0.1, 0.15) is 12.7 Å². The molecule has 0 atom stereocenters. The third-order valence-electron chi connectivity index (χ3n) is 2.38. The summed E-state index contributed by atoms with van der Waals surface area (Å²) in [6.07, 6.45) is 5.19. The second-order valence-corrected chi connectivity index (χ2v) is 5.05. The third-order valence-corrected chi connectivity index (χ3v) is 4.28. The van der Waals surface area contributed by atoms with Gasteiger partial charge in [-0.05, 0) is 38.8 Å². The highest BCUT2D eigenvalue weighted by Gasteiger charge is 2.09. The van der Waals surface area contributed by atoms with E-state index in [1.165, 1.54) is 4.68 Å². The van der Waals surface area contributed by atoms with Gasteiger partial charge in [-0.3, -0.25) is 4.79 Å². The van der Waals surface area contributed by atoms with Gasteiger partial charge in [0, 0.05) is 18.9 Å². The van der Waals surface area contributed by atoms with Crippen molar-refractivity contribution in [3.8, 4) is 0 Å². The average molecular weight is 362 g/mol. The monoisotopic (exact) mass is 360 g/mol. The van der Waals surface area contributed by atoms with E-state index >= 15 is 0 Å². The summed E-state index contributed by atoms with van der Waals surface area (Å²) in [7, 11) is 0. The highest BCUT2D eigenvalue weighted by Crippen LogP contribution is 2.16. The maximum absolute atomic E-state index is 11.9. The Morgan fingerprint density at radius 3 is 2.88 bits per heavy atom. The lowest BCUT2D eigenvalue weighted by Crippen LogP contribution is -2.25. The number of nitrogens with zero attached hydrogens (tertiary/aromatic N) is 4. The minimum atomic E-state index is -0.176. The Morgan fingerprint density at radius 1 is 1.41 bits per heavy atom. The second-order valence-electron chi connectivity index (χ2n) is 3.40. The summed E-state index contributed by atoms with van der Waals surface area (Å²) in [5, 5.41) is 4.06. The van der Waals surface area contributed by atoms with E-state index in [1.54, 1.807) is 12.4 Å². The van der Waals surface area contributed by atoms with Crippen molar-refractivity contribution in [2.24, 2.45) is 0 Å². The van der Waals surface area contributed by atoms with E-state index in [0.29, 0.717) is 15.5 Å². The van der Waals surface area contributed by atoms with Crippen LogP contribution in [-0.4, -0.2) is 19.3 Å². The van der Waals surface area contributed by atoms with Gasteiger partial charge in [-0.1, -0.05) is 0 Å². The van der Waals surface area contributed by atoms with Crippen LogP contribution in [0.25, 0.3) is 0 Å². The zero-order valence-corrected chi connectivity index (χ0v) is 12.3. The Hall–Kier alpha value is -0.950. The molecule has 0 aliphatic carbocycles. The van der Waals surface area contributed by atoms with Gasteiger partial charge in [-0.15, -0.1) is 0 Å². The molecule has 0 spiro atoms. The summed E-state index contributed by atoms with van der Waals surface area (Å²) in [5.74, 6) is 0.816. The summed E-state index contributed by atoms with van der Waals surface area (Å²) >= 11 is 6.46. The van der Waals surface area contributed by atoms with Crippen LogP contribution in [0.4, 0.5) is 0 Å². The topological polar surface area (TPSA) is 52.7 Å². The third kappa shape index (κ3) is 2.50. The molecule has 0 aliphatic heterocycles. The van der Waals surface area contributed by atoms with E-state index in [4.69, 9.17) is 0 Å². The van der Waals surface area contributed by atoms with Crippen LogP contribution in [0.5, 0.6) is 0 Å². The summed E-state index contributed by atoms with van der Waals surface area (Å²) in [4.78, 5) is 16.1. The van der Waals surface area contributed by atoms with Crippen molar-refractivity contribution in [2.45, 2.75) is 20.0 Å². The molecule has 2 rings (SSSR count). The molecule has 0 saturated heterocycles. The number of aryl methyl sites for hydroxylation is 1. The number of aromatic nitrogens is 4. The van der Waals surface area contributed by atoms with Gasteiger partial charge in [-0.2, -0.15) is 5.10 Å². The van der Waals surface area contributed by atoms with Crippen LogP contribution in [0, 0.1) is 0 Å². The summed E-state index contributed by atoms with van der Waals surface area (Å²) < 4.78 is 4.48. The van der Waals surface area contributed by atoms with Crippen LogP contribution in [-0.2, 0) is 13.1 Å². The summed E-state index contributed by atoms with van der Waals surface area (Å²) in [5.41, 5.74) is -0.176. The first-order valence-electron chi connectivity index (χ1n) is 5.04. The number of halogens is 2. The predicted molar refractivity (Wildman–Crippen MR) is 70.9 cm³/mol. The lowest BCUT2D eigenvalue weighted by atomic mass is 10.5. The van der Waals surface area contributed by atoms with Gasteiger partial charge in [0.1, 0.15) is 16.8 Å². The quantitative estimate of drug-likeness (QED) is 0.840. The molecule has 7 heteroatoms. The Balaban J connectivity index is 2.37. The molecule has 5 nitrogen and oxygen atoms in total. The normalized spacial score (nSPS) is 10.8. The molecule has 0 unspecified atom stereocenters. The van der Waals surface area contributed by atoms with Gasteiger partial charge in [0.15, 0.2) is 0 Å². The SMILES string of the molecule is CCn1ccnc1Cn1ncc(Br)c(Br)c1=O. The fraction of sp³-hybridized carbons (Fsp3) is 0.300. The van der Waals surface area contributed by atoms with Crippen molar-refractivity contribution in [1.29, 1.82) is 0 Å². The molecule has 2 aromatic heterocycles. The van der Waals surface area contributed by atoms with Gasteiger partial charge in [-0.25, -0.2) is 9.67 Å². The van der Waals surface area contributed by atoms with E-state index in [9.17, 15) is 4.79 Å². The van der Waals surface area contributed by atoms with Crippen LogP contribution in [0.15, 0.2) is 32.3 Å². The van der Waals surface area contributed by atoms with Crippen LogP contribution < -0.4 is 5.56 Å². The highest BCUT2D eigenvalue weighted by atomic mass is 79.9. The zero-order chi connectivity index (χ0) is 12.4. The molecule has 90 valence electrons. The van der Waals surface area contributed by atoms with Gasteiger partial charge < -0.3 is 4.57 Å². The highest BCUT2D eigenvalue weighted by molar-refractivity contribution is 9.13. The first-order valence-corrected chi connectivity index (χ1v) is 6.63. The average Bonchev–Trinajstić information content (AvgIpc) is 2.77. The minimum Gasteiger partial charge on any atom is -0.334 e. The zero-order valence-electron chi connectivity index (χ0n) is 9.10. The van der Waals surface area contributed by atoms with Gasteiger partial charge in [0.2, 0.25) is 0 Å². The number of rotatable bonds is 3. The molecular weight excluding hydrogens is 352 g/mol. The Kier molecular flexibility index (Phi) is 3.78. The maximum atomic E-state index is 11.9. The Labute approximate surface area is 115 Å². The van der Waals surface area contributed by atoms with Crippen molar-refractivity contribution in [3.63, 3.8) is 0 Å². The first kappa shape index (κ1) is 12.5. The van der Waals surface area contributed by atoms with Crippen molar-refractivity contribution in [1.82, 2.24) is 19.3 Å². The molecule has 0 amide bonds. The molecule has 0 saturated carbocycles. The number of hydrogen-bond acceptors (Lipinski definition) is 3. The fourth-order valence-electron chi connectivity index (χ4n) is 1.47. The molecule has 2 heterocycles. The lowest BCUT2D eigenvalue weighted by molar-refractivity contribution is 0.576. The van der Waals surface area contributed by atoms with Gasteiger partial charge in [0.25, 0.3) is 5.56 Å². The Bertz CT molecular complexity index is 590. The lowest BCUT2D eigenvalue weighted by Gasteiger charge is -2.07. The molecule has 0 fully saturated rings. The van der Waals surface area contributed by atoms with E-state index in [1.807, 2.05) is 17.7 Å². The number of hydrogen-bond donors (Lipinski definition) is 0. The minimum absolute atomic E-state index is 0.176.